The Morgan fingerprint density at radius 2 is 2.20 bits per heavy atom. The Morgan fingerprint density at radius 3 is 2.80 bits per heavy atom. The minimum Gasteiger partial charge on any atom is -0.465 e. The largest absolute Gasteiger partial charge is 0.465 e. The number of nitrogens with zero attached hydrogens (tertiary/aromatic N) is 2. The molecule has 1 N–H and O–H groups in total. The summed E-state index contributed by atoms with van der Waals surface area (Å²) in [6.45, 7) is 0.544. The number of rotatable bonds is 3. The standard InChI is InChI=1S/C14H15ClN2O3/c15-11-3-1-10(2-4-11)7-12-9-20-13(5-6-16)8-17(12)14(18)19/h1-4,12-13H,5,7-9H2,(H,18,19)/t12-,13-/m0/s1. The maximum absolute atomic E-state index is 11.3. The van der Waals surface area contributed by atoms with Crippen molar-refractivity contribution in [3.63, 3.8) is 0 Å². The summed E-state index contributed by atoms with van der Waals surface area (Å²) in [6, 6.07) is 9.10. The highest BCUT2D eigenvalue weighted by Crippen LogP contribution is 2.19. The van der Waals surface area contributed by atoms with Crippen LogP contribution in [-0.4, -0.2) is 41.4 Å². The minimum atomic E-state index is -0.977. The normalized spacial score (nSPS) is 22.3. The van der Waals surface area contributed by atoms with Gasteiger partial charge in [-0.1, -0.05) is 23.7 Å². The van der Waals surface area contributed by atoms with Gasteiger partial charge in [0.15, 0.2) is 0 Å². The van der Waals surface area contributed by atoms with Crippen LogP contribution >= 0.6 is 11.6 Å². The summed E-state index contributed by atoms with van der Waals surface area (Å²) in [4.78, 5) is 12.7. The van der Waals surface area contributed by atoms with E-state index in [0.717, 1.165) is 5.56 Å². The lowest BCUT2D eigenvalue weighted by Gasteiger charge is -2.37. The van der Waals surface area contributed by atoms with E-state index >= 15 is 0 Å². The van der Waals surface area contributed by atoms with Gasteiger partial charge in [0.25, 0.3) is 0 Å². The van der Waals surface area contributed by atoms with Gasteiger partial charge in [-0.3, -0.25) is 0 Å². The van der Waals surface area contributed by atoms with Crippen molar-refractivity contribution < 1.29 is 14.6 Å². The summed E-state index contributed by atoms with van der Waals surface area (Å²) < 4.78 is 5.55. The minimum absolute atomic E-state index is 0.206. The molecule has 0 aliphatic carbocycles. The molecule has 0 saturated carbocycles. The lowest BCUT2D eigenvalue weighted by atomic mass is 10.0. The number of benzene rings is 1. The third-order valence-electron chi connectivity index (χ3n) is 3.31. The monoisotopic (exact) mass is 294 g/mol. The maximum Gasteiger partial charge on any atom is 0.407 e. The second-order valence-corrected chi connectivity index (χ2v) is 5.17. The molecule has 2 atom stereocenters. The maximum atomic E-state index is 11.3. The van der Waals surface area contributed by atoms with Gasteiger partial charge in [0.2, 0.25) is 0 Å². The molecule has 1 aromatic rings. The van der Waals surface area contributed by atoms with E-state index < -0.39 is 6.09 Å². The molecule has 1 aromatic carbocycles. The van der Waals surface area contributed by atoms with Crippen LogP contribution in [0, 0.1) is 11.3 Å². The van der Waals surface area contributed by atoms with Gasteiger partial charge in [-0.2, -0.15) is 5.26 Å². The first kappa shape index (κ1) is 14.6. The Bertz CT molecular complexity index is 512. The van der Waals surface area contributed by atoms with Crippen LogP contribution in [-0.2, 0) is 11.2 Å². The molecule has 0 aromatic heterocycles. The van der Waals surface area contributed by atoms with E-state index in [2.05, 4.69) is 0 Å². The zero-order valence-corrected chi connectivity index (χ0v) is 11.6. The molecule has 1 amide bonds. The average molecular weight is 295 g/mol. The van der Waals surface area contributed by atoms with Crippen LogP contribution < -0.4 is 0 Å². The molecule has 0 spiro atoms. The van der Waals surface area contributed by atoms with Crippen LogP contribution in [0.4, 0.5) is 4.79 Å². The van der Waals surface area contributed by atoms with Crippen LogP contribution in [0.2, 0.25) is 5.02 Å². The van der Waals surface area contributed by atoms with Crippen LogP contribution in [0.1, 0.15) is 12.0 Å². The fourth-order valence-electron chi connectivity index (χ4n) is 2.28. The van der Waals surface area contributed by atoms with E-state index in [4.69, 9.17) is 21.6 Å². The first-order valence-corrected chi connectivity index (χ1v) is 6.70. The molecule has 1 heterocycles. The van der Waals surface area contributed by atoms with Crippen molar-refractivity contribution in [3.8, 4) is 6.07 Å². The molecule has 1 aliphatic rings. The zero-order chi connectivity index (χ0) is 14.5. The number of nitriles is 1. The van der Waals surface area contributed by atoms with E-state index in [1.807, 2.05) is 18.2 Å². The van der Waals surface area contributed by atoms with Crippen LogP contribution in [0.25, 0.3) is 0 Å². The number of carbonyl (C=O) groups is 1. The summed E-state index contributed by atoms with van der Waals surface area (Å²) >= 11 is 5.83. The molecule has 2 rings (SSSR count). The van der Waals surface area contributed by atoms with Gasteiger partial charge in [0.1, 0.15) is 0 Å². The quantitative estimate of drug-likeness (QED) is 0.929. The molecule has 5 nitrogen and oxygen atoms in total. The van der Waals surface area contributed by atoms with Gasteiger partial charge in [-0.25, -0.2) is 4.79 Å². The SMILES string of the molecule is N#CC[C@H]1CN(C(=O)O)[C@@H](Cc2ccc(Cl)cc2)CO1. The van der Waals surface area contributed by atoms with E-state index in [1.165, 1.54) is 4.90 Å². The second-order valence-electron chi connectivity index (χ2n) is 4.74. The van der Waals surface area contributed by atoms with Crippen molar-refractivity contribution in [1.82, 2.24) is 4.90 Å². The van der Waals surface area contributed by atoms with E-state index in [1.54, 1.807) is 12.1 Å². The van der Waals surface area contributed by atoms with Gasteiger partial charge in [0.05, 0.1) is 37.8 Å². The van der Waals surface area contributed by atoms with Crippen molar-refractivity contribution in [2.75, 3.05) is 13.2 Å². The fraction of sp³-hybridized carbons (Fsp3) is 0.429. The predicted molar refractivity (Wildman–Crippen MR) is 73.6 cm³/mol. The van der Waals surface area contributed by atoms with Gasteiger partial charge < -0.3 is 14.7 Å². The van der Waals surface area contributed by atoms with Crippen molar-refractivity contribution in [1.29, 1.82) is 5.26 Å². The number of carboxylic acid groups (broad SMARTS) is 1. The lowest BCUT2D eigenvalue weighted by Crippen LogP contribution is -2.52. The Balaban J connectivity index is 2.04. The molecule has 0 unspecified atom stereocenters. The third kappa shape index (κ3) is 3.62. The van der Waals surface area contributed by atoms with E-state index in [-0.39, 0.29) is 25.1 Å². The Morgan fingerprint density at radius 1 is 1.50 bits per heavy atom. The van der Waals surface area contributed by atoms with Crippen molar-refractivity contribution in [2.45, 2.75) is 25.0 Å². The summed E-state index contributed by atoms with van der Waals surface area (Å²) in [5.41, 5.74) is 1.01. The second kappa shape index (κ2) is 6.60. The topological polar surface area (TPSA) is 73.6 Å². The molecule has 1 saturated heterocycles. The molecular weight excluding hydrogens is 280 g/mol. The number of hydrogen-bond donors (Lipinski definition) is 1. The summed E-state index contributed by atoms with van der Waals surface area (Å²) in [7, 11) is 0. The lowest BCUT2D eigenvalue weighted by molar-refractivity contribution is -0.0510. The van der Waals surface area contributed by atoms with Crippen molar-refractivity contribution in [3.05, 3.63) is 34.9 Å². The number of halogens is 1. The highest BCUT2D eigenvalue weighted by atomic mass is 35.5. The summed E-state index contributed by atoms with van der Waals surface area (Å²) in [6.07, 6.45) is -0.534. The van der Waals surface area contributed by atoms with Crippen LogP contribution in [0.5, 0.6) is 0 Å². The smallest absolute Gasteiger partial charge is 0.407 e. The van der Waals surface area contributed by atoms with Crippen molar-refractivity contribution >= 4 is 17.7 Å². The van der Waals surface area contributed by atoms with Crippen molar-refractivity contribution in [2.24, 2.45) is 0 Å². The molecule has 1 fully saturated rings. The first-order valence-electron chi connectivity index (χ1n) is 6.32. The number of ether oxygens (including phenoxy) is 1. The number of morpholine rings is 1. The Hall–Kier alpha value is -1.77. The van der Waals surface area contributed by atoms with E-state index in [9.17, 15) is 9.90 Å². The summed E-state index contributed by atoms with van der Waals surface area (Å²) in [5.74, 6) is 0. The first-order chi connectivity index (χ1) is 9.60. The molecule has 106 valence electrons. The van der Waals surface area contributed by atoms with Gasteiger partial charge in [-0.05, 0) is 24.1 Å². The Labute approximate surface area is 122 Å². The average Bonchev–Trinajstić information content (AvgIpc) is 2.43. The highest BCUT2D eigenvalue weighted by molar-refractivity contribution is 6.30. The van der Waals surface area contributed by atoms with E-state index in [0.29, 0.717) is 18.1 Å². The van der Waals surface area contributed by atoms with Crippen LogP contribution in [0.3, 0.4) is 0 Å². The molecule has 0 radical (unpaired) electrons. The number of amides is 1. The third-order valence-corrected chi connectivity index (χ3v) is 3.57. The zero-order valence-electron chi connectivity index (χ0n) is 10.8. The molecule has 1 aliphatic heterocycles. The van der Waals surface area contributed by atoms with Gasteiger partial charge >= 0.3 is 6.09 Å². The molecule has 0 bridgehead atoms. The van der Waals surface area contributed by atoms with Gasteiger partial charge in [0, 0.05) is 5.02 Å². The predicted octanol–water partition coefficient (Wildman–Crippen LogP) is 2.54. The summed E-state index contributed by atoms with van der Waals surface area (Å²) in [5, 5.41) is 18.6. The Kier molecular flexibility index (Phi) is 4.83. The molecule has 6 heteroatoms. The molecular formula is C14H15ClN2O3. The fourth-order valence-corrected chi connectivity index (χ4v) is 2.41. The van der Waals surface area contributed by atoms with Gasteiger partial charge in [-0.15, -0.1) is 0 Å². The number of hydrogen-bond acceptors (Lipinski definition) is 3. The molecule has 20 heavy (non-hydrogen) atoms. The highest BCUT2D eigenvalue weighted by Gasteiger charge is 2.32. The van der Waals surface area contributed by atoms with Crippen LogP contribution in [0.15, 0.2) is 24.3 Å².